The minimum absolute atomic E-state index is 0.00448. The molecular formula is C37H39BrClN3O5S. The molecule has 0 aliphatic heterocycles. The van der Waals surface area contributed by atoms with Gasteiger partial charge in [0.1, 0.15) is 18.3 Å². The van der Waals surface area contributed by atoms with Gasteiger partial charge < -0.3 is 15.0 Å². The Morgan fingerprint density at radius 3 is 2.19 bits per heavy atom. The number of sulfonamides is 1. The molecule has 48 heavy (non-hydrogen) atoms. The molecule has 4 aromatic carbocycles. The van der Waals surface area contributed by atoms with E-state index in [1.54, 1.807) is 30.3 Å². The van der Waals surface area contributed by atoms with Gasteiger partial charge in [-0.15, -0.1) is 0 Å². The van der Waals surface area contributed by atoms with Gasteiger partial charge in [0.05, 0.1) is 17.7 Å². The quantitative estimate of drug-likeness (QED) is 0.154. The highest BCUT2D eigenvalue weighted by Crippen LogP contribution is 2.35. The van der Waals surface area contributed by atoms with Crippen molar-refractivity contribution in [2.24, 2.45) is 0 Å². The molecule has 1 aliphatic carbocycles. The Bertz CT molecular complexity index is 1790. The predicted molar refractivity (Wildman–Crippen MR) is 193 cm³/mol. The lowest BCUT2D eigenvalue weighted by atomic mass is 9.94. The van der Waals surface area contributed by atoms with Crippen molar-refractivity contribution >= 4 is 55.1 Å². The lowest BCUT2D eigenvalue weighted by Crippen LogP contribution is -2.55. The summed E-state index contributed by atoms with van der Waals surface area (Å²) >= 11 is 9.85. The molecule has 0 saturated heterocycles. The number of hydrogen-bond acceptors (Lipinski definition) is 5. The van der Waals surface area contributed by atoms with E-state index in [2.05, 4.69) is 21.2 Å². The fourth-order valence-corrected chi connectivity index (χ4v) is 7.84. The van der Waals surface area contributed by atoms with Gasteiger partial charge in [-0.3, -0.25) is 13.9 Å². The Hall–Kier alpha value is -3.86. The first-order chi connectivity index (χ1) is 23.2. The number of hydrogen-bond donors (Lipinski definition) is 1. The fraction of sp³-hybridized carbons (Fsp3) is 0.297. The Morgan fingerprint density at radius 2 is 1.54 bits per heavy atom. The topological polar surface area (TPSA) is 96.0 Å². The molecule has 0 radical (unpaired) electrons. The van der Waals surface area contributed by atoms with Gasteiger partial charge in [0, 0.05) is 28.5 Å². The van der Waals surface area contributed by atoms with Crippen molar-refractivity contribution in [2.45, 2.75) is 62.0 Å². The smallest absolute Gasteiger partial charge is 0.264 e. The Balaban J connectivity index is 1.59. The Kier molecular flexibility index (Phi) is 12.2. The number of anilines is 1. The molecule has 8 nitrogen and oxygen atoms in total. The number of rotatable bonds is 13. The molecule has 0 bridgehead atoms. The standard InChI is InChI=1S/C37H39BrClN3O5S/c1-47-35-22-21-30(39)24-33(35)42(48(45,46)32-15-9-4-10-16-32)26-36(43)41(25-28-17-19-29(38)20-18-28)34(23-27-11-5-2-6-12-27)37(44)40-31-13-7-3-8-14-31/h2,4-6,9-12,15-22,24,31,34H,3,7-8,13-14,23,25-26H2,1H3,(H,40,44)/t34-/m1/s1. The average molecular weight is 753 g/mol. The third-order valence-electron chi connectivity index (χ3n) is 8.51. The van der Waals surface area contributed by atoms with Crippen molar-refractivity contribution in [3.63, 3.8) is 0 Å². The van der Waals surface area contributed by atoms with Crippen LogP contribution in [0, 0.1) is 0 Å². The van der Waals surface area contributed by atoms with Crippen molar-refractivity contribution in [3.8, 4) is 5.75 Å². The third-order valence-corrected chi connectivity index (χ3v) is 11.0. The van der Waals surface area contributed by atoms with Crippen LogP contribution in [0.5, 0.6) is 5.75 Å². The second kappa shape index (κ2) is 16.5. The Morgan fingerprint density at radius 1 is 0.896 bits per heavy atom. The molecule has 11 heteroatoms. The predicted octanol–water partition coefficient (Wildman–Crippen LogP) is 7.40. The van der Waals surface area contributed by atoms with Gasteiger partial charge in [-0.05, 0) is 66.4 Å². The maximum atomic E-state index is 14.7. The van der Waals surface area contributed by atoms with E-state index in [0.717, 1.165) is 52.0 Å². The second-order valence-electron chi connectivity index (χ2n) is 11.8. The van der Waals surface area contributed by atoms with Crippen LogP contribution in [0.25, 0.3) is 0 Å². The summed E-state index contributed by atoms with van der Waals surface area (Å²) in [6, 6.07) is 28.6. The largest absolute Gasteiger partial charge is 0.495 e. The van der Waals surface area contributed by atoms with E-state index in [-0.39, 0.29) is 46.3 Å². The van der Waals surface area contributed by atoms with Crippen LogP contribution in [-0.4, -0.2) is 50.9 Å². The Labute approximate surface area is 296 Å². The maximum Gasteiger partial charge on any atom is 0.264 e. The zero-order chi connectivity index (χ0) is 34.1. The maximum absolute atomic E-state index is 14.7. The number of nitrogens with one attached hydrogen (secondary N) is 1. The SMILES string of the molecule is COc1ccc(Cl)cc1N(CC(=O)N(Cc1ccc(Br)cc1)[C@H](Cc1ccccc1)C(=O)NC1CCCCC1)S(=O)(=O)c1ccccc1. The molecule has 0 unspecified atom stereocenters. The van der Waals surface area contributed by atoms with Gasteiger partial charge in [0.25, 0.3) is 10.0 Å². The summed E-state index contributed by atoms with van der Waals surface area (Å²) in [6.07, 6.45) is 5.19. The van der Waals surface area contributed by atoms with Crippen LogP contribution < -0.4 is 14.4 Å². The highest BCUT2D eigenvalue weighted by molar-refractivity contribution is 9.10. The summed E-state index contributed by atoms with van der Waals surface area (Å²) in [5, 5.41) is 3.50. The van der Waals surface area contributed by atoms with E-state index < -0.39 is 28.5 Å². The van der Waals surface area contributed by atoms with E-state index >= 15 is 0 Å². The summed E-state index contributed by atoms with van der Waals surface area (Å²) < 4.78 is 36.0. The van der Waals surface area contributed by atoms with Crippen molar-refractivity contribution in [1.29, 1.82) is 0 Å². The lowest BCUT2D eigenvalue weighted by Gasteiger charge is -2.35. The number of halogens is 2. The number of carbonyl (C=O) groups excluding carboxylic acids is 2. The van der Waals surface area contributed by atoms with Crippen LogP contribution in [0.3, 0.4) is 0 Å². The monoisotopic (exact) mass is 751 g/mol. The minimum atomic E-state index is -4.30. The van der Waals surface area contributed by atoms with Crippen LogP contribution in [0.1, 0.15) is 43.2 Å². The van der Waals surface area contributed by atoms with Crippen LogP contribution >= 0.6 is 27.5 Å². The number of methoxy groups -OCH3 is 1. The van der Waals surface area contributed by atoms with Gasteiger partial charge in [0.15, 0.2) is 0 Å². The number of carbonyl (C=O) groups is 2. The van der Waals surface area contributed by atoms with Crippen LogP contribution in [-0.2, 0) is 32.6 Å². The molecule has 0 aromatic heterocycles. The molecule has 1 saturated carbocycles. The molecule has 2 amide bonds. The fourth-order valence-electron chi connectivity index (χ4n) is 5.98. The van der Waals surface area contributed by atoms with Gasteiger partial charge in [-0.25, -0.2) is 8.42 Å². The molecule has 252 valence electrons. The number of benzene rings is 4. The lowest BCUT2D eigenvalue weighted by molar-refractivity contribution is -0.140. The van der Waals surface area contributed by atoms with E-state index in [9.17, 15) is 18.0 Å². The van der Waals surface area contributed by atoms with Crippen molar-refractivity contribution in [3.05, 3.63) is 124 Å². The molecule has 1 aliphatic rings. The number of nitrogens with zero attached hydrogens (tertiary/aromatic N) is 2. The van der Waals surface area contributed by atoms with Gasteiger partial charge >= 0.3 is 0 Å². The summed E-state index contributed by atoms with van der Waals surface area (Å²) in [5.74, 6) is -0.602. The highest BCUT2D eigenvalue weighted by Gasteiger charge is 2.36. The first kappa shape index (κ1) is 35.4. The zero-order valence-corrected chi connectivity index (χ0v) is 29.9. The average Bonchev–Trinajstić information content (AvgIpc) is 3.10. The van der Waals surface area contributed by atoms with Crippen molar-refractivity contribution in [2.75, 3.05) is 18.0 Å². The first-order valence-electron chi connectivity index (χ1n) is 16.0. The third kappa shape index (κ3) is 8.98. The summed E-state index contributed by atoms with van der Waals surface area (Å²) in [4.78, 5) is 30.5. The minimum Gasteiger partial charge on any atom is -0.495 e. The molecule has 1 N–H and O–H groups in total. The molecule has 0 heterocycles. The molecular weight excluding hydrogens is 714 g/mol. The zero-order valence-electron chi connectivity index (χ0n) is 26.7. The van der Waals surface area contributed by atoms with Gasteiger partial charge in [0.2, 0.25) is 11.8 Å². The van der Waals surface area contributed by atoms with Crippen molar-refractivity contribution in [1.82, 2.24) is 10.2 Å². The summed E-state index contributed by atoms with van der Waals surface area (Å²) in [6.45, 7) is -0.528. The van der Waals surface area contributed by atoms with E-state index in [1.165, 1.54) is 30.2 Å². The van der Waals surface area contributed by atoms with Crippen LogP contribution in [0.15, 0.2) is 112 Å². The molecule has 4 aromatic rings. The highest BCUT2D eigenvalue weighted by atomic mass is 79.9. The van der Waals surface area contributed by atoms with E-state index in [1.807, 2.05) is 54.6 Å². The summed E-state index contributed by atoms with van der Waals surface area (Å²) in [7, 11) is -2.87. The van der Waals surface area contributed by atoms with E-state index in [4.69, 9.17) is 16.3 Å². The molecule has 1 fully saturated rings. The van der Waals surface area contributed by atoms with Crippen LogP contribution in [0.2, 0.25) is 5.02 Å². The van der Waals surface area contributed by atoms with Crippen LogP contribution in [0.4, 0.5) is 5.69 Å². The van der Waals surface area contributed by atoms with Gasteiger partial charge in [-0.2, -0.15) is 0 Å². The molecule has 1 atom stereocenters. The molecule has 0 spiro atoms. The number of ether oxygens (including phenoxy) is 1. The van der Waals surface area contributed by atoms with Gasteiger partial charge in [-0.1, -0.05) is 107 Å². The normalized spacial score (nSPS) is 14.1. The van der Waals surface area contributed by atoms with Crippen molar-refractivity contribution < 1.29 is 22.7 Å². The molecule has 5 rings (SSSR count). The van der Waals surface area contributed by atoms with E-state index in [0.29, 0.717) is 0 Å². The first-order valence-corrected chi connectivity index (χ1v) is 18.6. The number of amides is 2. The second-order valence-corrected chi connectivity index (χ2v) is 15.1. The summed E-state index contributed by atoms with van der Waals surface area (Å²) in [5.41, 5.74) is 1.77.